The number of pyridine rings is 1. The summed E-state index contributed by atoms with van der Waals surface area (Å²) in [5, 5.41) is 38.1. The van der Waals surface area contributed by atoms with Crippen molar-refractivity contribution in [2.45, 2.75) is 87.4 Å². The van der Waals surface area contributed by atoms with Gasteiger partial charge in [0.15, 0.2) is 5.11 Å². The number of carbonyl (C=O) groups is 6. The number of hydrogen-bond donors (Lipinski definition) is 6. The van der Waals surface area contributed by atoms with E-state index in [2.05, 4.69) is 57.7 Å². The van der Waals surface area contributed by atoms with Gasteiger partial charge in [-0.05, 0) is 81.7 Å². The van der Waals surface area contributed by atoms with Crippen LogP contribution in [0.3, 0.4) is 0 Å². The number of alkyl halides is 2. The molecule has 23 heteroatoms. The first-order chi connectivity index (χ1) is 32.4. The van der Waals surface area contributed by atoms with E-state index >= 15 is 0 Å². The van der Waals surface area contributed by atoms with Gasteiger partial charge in [0.25, 0.3) is 17.8 Å². The SMILES string of the molecule is [CH2-]C(=O)[O-].[CH2-]CC[N-]CC(=O)O[CH-]C[NH+](C[CH2-])Cc1ccc(NC(=S)NC23CCC(NC(=O)CCC(=O)Nc4cccc5c(C(=O)NCC(=O)N6CC(F)(F)C[C@H]6C#N)ccnc45)(CC2)C3)cc1.[I-].[Na+]. The molecule has 70 heavy (non-hydrogen) atoms. The number of esters is 1. The van der Waals surface area contributed by atoms with Crippen LogP contribution in [0, 0.1) is 38.7 Å². The number of hydrogen-bond acceptors (Lipinski definition) is 11. The largest absolute Gasteiger partial charge is 1.00 e. The third kappa shape index (κ3) is 17.5. The van der Waals surface area contributed by atoms with Gasteiger partial charge in [-0.15, -0.1) is 12.6 Å². The molecule has 6 N–H and O–H groups in total. The zero-order valence-electron chi connectivity index (χ0n) is 38.9. The van der Waals surface area contributed by atoms with Crippen molar-refractivity contribution < 1.29 is 106 Å². The number of carbonyl (C=O) groups excluding carboxylic acids is 6. The van der Waals surface area contributed by atoms with Crippen molar-refractivity contribution in [2.24, 2.45) is 0 Å². The van der Waals surface area contributed by atoms with Crippen molar-refractivity contribution in [1.29, 1.82) is 5.26 Å². The first-order valence-electron chi connectivity index (χ1n) is 22.0. The number of carboxylic acids is 1. The smallest absolute Gasteiger partial charge is 1.00 e. The summed E-state index contributed by atoms with van der Waals surface area (Å²) in [6.07, 6.45) is 4.95. The van der Waals surface area contributed by atoms with E-state index in [9.17, 15) is 38.0 Å². The number of quaternary nitrogens is 1. The van der Waals surface area contributed by atoms with Crippen molar-refractivity contribution in [2.75, 3.05) is 49.9 Å². The van der Waals surface area contributed by atoms with Crippen LogP contribution in [0.15, 0.2) is 54.7 Å². The summed E-state index contributed by atoms with van der Waals surface area (Å²) < 4.78 is 32.8. The summed E-state index contributed by atoms with van der Waals surface area (Å²) in [7, 11) is 0. The fourth-order valence-corrected chi connectivity index (χ4v) is 8.93. The monoisotopic (exact) mass is 1110 g/mol. The van der Waals surface area contributed by atoms with Gasteiger partial charge >= 0.3 is 29.6 Å². The number of ether oxygens (including phenoxy) is 1. The van der Waals surface area contributed by atoms with E-state index in [1.54, 1.807) is 24.3 Å². The maximum Gasteiger partial charge on any atom is 1.00 e. The molecule has 0 spiro atoms. The molecule has 3 aliphatic rings. The summed E-state index contributed by atoms with van der Waals surface area (Å²) in [6, 6.07) is 14.6. The number of carboxylic acid groups (broad SMARTS) is 1. The second-order valence-electron chi connectivity index (χ2n) is 16.9. The summed E-state index contributed by atoms with van der Waals surface area (Å²) in [5.41, 5.74) is 1.98. The Morgan fingerprint density at radius 2 is 1.66 bits per heavy atom. The number of halogens is 3. The minimum atomic E-state index is -3.18. The van der Waals surface area contributed by atoms with Gasteiger partial charge in [0, 0.05) is 53.2 Å². The first kappa shape index (κ1) is 59.5. The van der Waals surface area contributed by atoms with Crippen LogP contribution < -0.4 is 90.1 Å². The standard InChI is InChI=1S/C45H52F2N10O6S.C2H3O2.HI.Na/c1-3-19-49-26-39(61)63-22-21-56(4-2)27-30-8-10-31(11-9-30)52-42(64)55-44-17-15-43(28-44,16-18-44)54-37(59)13-12-36(58)53-35-7-5-6-33-34(14-20-50-40(33)35)41(62)51-25-38(60)57-29-45(46,47)23-32(57)24-48;1-2(3)4;;/h5-11,14,20,22,32H,1-4,12-13,15-19,21,23,25-29H2,(H,51,62)(H,53,58)(H,54,59)(H2,52,55,64);1H2,(H,3,4);1H;/q-4;-1;;+1/p-1/t32-,43?,44?;;;/m0.../s1. The van der Waals surface area contributed by atoms with Crippen molar-refractivity contribution in [3.63, 3.8) is 0 Å². The molecular weight excluding hydrogens is 1050 g/mol. The number of rotatable bonds is 20. The van der Waals surface area contributed by atoms with Gasteiger partial charge < -0.3 is 94.2 Å². The molecule has 0 radical (unpaired) electrons. The van der Waals surface area contributed by atoms with Gasteiger partial charge in [-0.25, -0.2) is 15.2 Å². The Hall–Kier alpha value is -4.77. The molecule has 2 bridgehead atoms. The number of nitrogens with zero attached hydrogens (tertiary/aromatic N) is 4. The molecule has 2 heterocycles. The fraction of sp³-hybridized carbons (Fsp3) is 0.426. The van der Waals surface area contributed by atoms with Gasteiger partial charge in [0.05, 0.1) is 42.5 Å². The van der Waals surface area contributed by atoms with E-state index in [4.69, 9.17) is 26.9 Å². The Bertz CT molecular complexity index is 2370. The van der Waals surface area contributed by atoms with Crippen molar-refractivity contribution in [1.82, 2.24) is 25.8 Å². The van der Waals surface area contributed by atoms with E-state index in [1.807, 2.05) is 24.3 Å². The summed E-state index contributed by atoms with van der Waals surface area (Å²) in [4.78, 5) is 78.9. The number of nitriles is 1. The quantitative estimate of drug-likeness (QED) is 0.0158. The second kappa shape index (κ2) is 27.7. The minimum Gasteiger partial charge on any atom is -1.00 e. The van der Waals surface area contributed by atoms with Gasteiger partial charge in [0.2, 0.25) is 17.7 Å². The van der Waals surface area contributed by atoms with E-state index in [0.717, 1.165) is 46.7 Å². The van der Waals surface area contributed by atoms with Crippen LogP contribution in [0.2, 0.25) is 0 Å². The minimum absolute atomic E-state index is 0. The Morgan fingerprint density at radius 1 is 1.00 bits per heavy atom. The molecule has 1 saturated heterocycles. The van der Waals surface area contributed by atoms with Crippen LogP contribution in [0.25, 0.3) is 16.2 Å². The van der Waals surface area contributed by atoms with E-state index in [0.29, 0.717) is 60.7 Å². The molecule has 2 aliphatic carbocycles. The summed E-state index contributed by atoms with van der Waals surface area (Å²) in [6.45, 7) is 12.5. The number of para-hydroxylation sites is 1. The predicted octanol–water partition coefficient (Wildman–Crippen LogP) is -3.90. The molecule has 18 nitrogen and oxygen atoms in total. The maximum atomic E-state index is 13.8. The number of nitrogens with one attached hydrogen (secondary N) is 6. The fourth-order valence-electron chi connectivity index (χ4n) is 8.60. The summed E-state index contributed by atoms with van der Waals surface area (Å²) >= 11 is 5.71. The van der Waals surface area contributed by atoms with E-state index in [-0.39, 0.29) is 89.9 Å². The summed E-state index contributed by atoms with van der Waals surface area (Å²) in [5.74, 6) is -7.06. The zero-order valence-corrected chi connectivity index (χ0v) is 43.9. The van der Waals surface area contributed by atoms with Crippen LogP contribution in [0.4, 0.5) is 20.2 Å². The number of aliphatic carboxylic acids is 1. The number of anilines is 2. The Labute approximate surface area is 450 Å². The first-order valence-corrected chi connectivity index (χ1v) is 22.4. The molecule has 3 fully saturated rings. The molecule has 6 rings (SSSR count). The molecule has 3 aromatic rings. The topological polar surface area (TPSA) is 253 Å². The van der Waals surface area contributed by atoms with E-state index in [1.165, 1.54) is 18.9 Å². The second-order valence-corrected chi connectivity index (χ2v) is 17.4. The number of likely N-dealkylation sites (tertiary alicyclic amines) is 1. The van der Waals surface area contributed by atoms with Gasteiger partial charge in [0.1, 0.15) is 6.04 Å². The van der Waals surface area contributed by atoms with Gasteiger partial charge in [-0.3, -0.25) is 35.9 Å². The van der Waals surface area contributed by atoms with Gasteiger partial charge in [-0.1, -0.05) is 30.8 Å². The third-order valence-electron chi connectivity index (χ3n) is 11.8. The third-order valence-corrected chi connectivity index (χ3v) is 12.0. The van der Waals surface area contributed by atoms with Crippen LogP contribution in [0.5, 0.6) is 0 Å². The van der Waals surface area contributed by atoms with Crippen molar-refractivity contribution in [3.8, 4) is 6.07 Å². The predicted molar refractivity (Wildman–Crippen MR) is 249 cm³/mol. The molecule has 2 atom stereocenters. The molecule has 374 valence electrons. The number of amides is 4. The average Bonchev–Trinajstić information content (AvgIpc) is 3.95. The van der Waals surface area contributed by atoms with Crippen molar-refractivity contribution in [3.05, 3.63) is 98.5 Å². The van der Waals surface area contributed by atoms with Crippen LogP contribution in [0.1, 0.15) is 73.7 Å². The Kier molecular flexibility index (Phi) is 23.6. The van der Waals surface area contributed by atoms with Crippen LogP contribution in [-0.4, -0.2) is 113 Å². The molecule has 2 aromatic carbocycles. The molecule has 1 unspecified atom stereocenters. The Morgan fingerprint density at radius 3 is 2.30 bits per heavy atom. The van der Waals surface area contributed by atoms with Crippen LogP contribution >= 0.6 is 12.2 Å². The van der Waals surface area contributed by atoms with Gasteiger partial charge in [-0.2, -0.15) is 11.8 Å². The molecule has 2 saturated carbocycles. The molecule has 1 aromatic heterocycles. The number of fused-ring (bicyclic) bond motifs is 3. The molecule has 1 aliphatic heterocycles. The molecular formula is C47H55F2IN10NaO8S-5. The number of aromatic nitrogens is 1. The number of benzene rings is 2. The Balaban J connectivity index is 0.00000208. The van der Waals surface area contributed by atoms with Crippen LogP contribution in [-0.2, 0) is 35.3 Å². The van der Waals surface area contributed by atoms with Crippen molar-refractivity contribution >= 4 is 75.2 Å². The maximum absolute atomic E-state index is 13.8. The molecule has 4 amide bonds. The van der Waals surface area contributed by atoms with E-state index < -0.39 is 66.7 Å². The normalized spacial score (nSPS) is 19.6. The number of thiocarbonyl (C=S) groups is 1. The zero-order chi connectivity index (χ0) is 49.5. The average molecular weight is 1110 g/mol.